The first-order chi connectivity index (χ1) is 12.5. The van der Waals surface area contributed by atoms with Gasteiger partial charge in [0.05, 0.1) is 6.61 Å². The van der Waals surface area contributed by atoms with E-state index in [9.17, 15) is 8.42 Å². The van der Waals surface area contributed by atoms with Crippen LogP contribution < -0.4 is 8.92 Å². The number of benzene rings is 2. The molecule has 7 heteroatoms. The fourth-order valence-corrected chi connectivity index (χ4v) is 3.72. The van der Waals surface area contributed by atoms with Crippen molar-refractivity contribution >= 4 is 20.9 Å². The number of fused-ring (bicyclic) bond motifs is 1. The highest BCUT2D eigenvalue weighted by Crippen LogP contribution is 2.28. The molecule has 1 aromatic heterocycles. The maximum atomic E-state index is 12.8. The Labute approximate surface area is 152 Å². The Morgan fingerprint density at radius 2 is 1.92 bits per heavy atom. The van der Waals surface area contributed by atoms with Crippen LogP contribution >= 0.6 is 0 Å². The van der Waals surface area contributed by atoms with Gasteiger partial charge < -0.3 is 14.0 Å². The van der Waals surface area contributed by atoms with Crippen LogP contribution in [0.3, 0.4) is 0 Å². The van der Waals surface area contributed by atoms with Crippen molar-refractivity contribution in [1.82, 2.24) is 4.98 Å². The zero-order valence-corrected chi connectivity index (χ0v) is 15.1. The highest BCUT2D eigenvalue weighted by molar-refractivity contribution is 7.87. The Morgan fingerprint density at radius 3 is 2.73 bits per heavy atom. The SMILES string of the molecule is Cc1cc(OCCCO)cc(OS(=O)(=O)c2cccc3cnccc23)c1. The molecule has 26 heavy (non-hydrogen) atoms. The van der Waals surface area contributed by atoms with Gasteiger partial charge in [-0.1, -0.05) is 12.1 Å². The van der Waals surface area contributed by atoms with E-state index < -0.39 is 10.1 Å². The topological polar surface area (TPSA) is 85.7 Å². The fourth-order valence-electron chi connectivity index (χ4n) is 2.58. The molecule has 0 aliphatic carbocycles. The summed E-state index contributed by atoms with van der Waals surface area (Å²) in [5.74, 6) is 0.667. The van der Waals surface area contributed by atoms with Crippen LogP contribution in [0.5, 0.6) is 11.5 Å². The van der Waals surface area contributed by atoms with Crippen LogP contribution in [0.1, 0.15) is 12.0 Å². The minimum absolute atomic E-state index is 0.0273. The Hall–Kier alpha value is -2.64. The second-order valence-electron chi connectivity index (χ2n) is 5.80. The number of aromatic nitrogens is 1. The van der Waals surface area contributed by atoms with E-state index >= 15 is 0 Å². The highest BCUT2D eigenvalue weighted by atomic mass is 32.2. The molecular weight excluding hydrogens is 354 g/mol. The van der Waals surface area contributed by atoms with Crippen molar-refractivity contribution < 1.29 is 22.4 Å². The van der Waals surface area contributed by atoms with Crippen LogP contribution in [-0.2, 0) is 10.1 Å². The molecule has 0 amide bonds. The number of aliphatic hydroxyl groups excluding tert-OH is 1. The summed E-state index contributed by atoms with van der Waals surface area (Å²) in [7, 11) is -4.02. The van der Waals surface area contributed by atoms with Gasteiger partial charge in [0.1, 0.15) is 16.4 Å². The molecule has 0 aliphatic rings. The molecule has 6 nitrogen and oxygen atoms in total. The molecule has 136 valence electrons. The number of aliphatic hydroxyl groups is 1. The average Bonchev–Trinajstić information content (AvgIpc) is 2.60. The van der Waals surface area contributed by atoms with E-state index in [4.69, 9.17) is 14.0 Å². The molecule has 0 fully saturated rings. The standard InChI is InChI=1S/C19H19NO5S/c1-14-10-16(24-9-3-8-21)12-17(11-14)25-26(22,23)19-5-2-4-15-13-20-7-6-18(15)19/h2,4-7,10-13,21H,3,8-9H2,1H3. The van der Waals surface area contributed by atoms with Crippen LogP contribution in [-0.4, -0.2) is 31.7 Å². The van der Waals surface area contributed by atoms with E-state index in [-0.39, 0.29) is 17.3 Å². The summed E-state index contributed by atoms with van der Waals surface area (Å²) in [6.07, 6.45) is 3.64. The summed E-state index contributed by atoms with van der Waals surface area (Å²) in [4.78, 5) is 4.09. The normalized spacial score (nSPS) is 11.5. The van der Waals surface area contributed by atoms with E-state index in [1.54, 1.807) is 42.7 Å². The minimum atomic E-state index is -4.02. The zero-order chi connectivity index (χ0) is 18.6. The smallest absolute Gasteiger partial charge is 0.339 e. The lowest BCUT2D eigenvalue weighted by atomic mass is 10.2. The van der Waals surface area contributed by atoms with Gasteiger partial charge in [0.25, 0.3) is 0 Å². The summed E-state index contributed by atoms with van der Waals surface area (Å²) in [5, 5.41) is 10.1. The van der Waals surface area contributed by atoms with E-state index in [2.05, 4.69) is 4.98 Å². The van der Waals surface area contributed by atoms with Gasteiger partial charge in [-0.2, -0.15) is 8.42 Å². The minimum Gasteiger partial charge on any atom is -0.493 e. The molecule has 3 aromatic rings. The first kappa shape index (κ1) is 18.2. The first-order valence-electron chi connectivity index (χ1n) is 8.12. The van der Waals surface area contributed by atoms with Gasteiger partial charge in [0.15, 0.2) is 0 Å². The van der Waals surface area contributed by atoms with Crippen molar-refractivity contribution in [3.63, 3.8) is 0 Å². The number of hydrogen-bond acceptors (Lipinski definition) is 6. The number of rotatable bonds is 7. The fraction of sp³-hybridized carbons (Fsp3) is 0.211. The van der Waals surface area contributed by atoms with E-state index in [1.807, 2.05) is 6.92 Å². The third kappa shape index (κ3) is 4.12. The maximum absolute atomic E-state index is 12.8. The average molecular weight is 373 g/mol. The number of pyridine rings is 1. The van der Waals surface area contributed by atoms with Gasteiger partial charge in [0, 0.05) is 42.3 Å². The van der Waals surface area contributed by atoms with Crippen molar-refractivity contribution in [2.45, 2.75) is 18.2 Å². The Morgan fingerprint density at radius 1 is 1.12 bits per heavy atom. The van der Waals surface area contributed by atoms with Gasteiger partial charge in [-0.15, -0.1) is 0 Å². The lowest BCUT2D eigenvalue weighted by Crippen LogP contribution is -2.10. The van der Waals surface area contributed by atoms with Gasteiger partial charge in [-0.3, -0.25) is 4.98 Å². The number of ether oxygens (including phenoxy) is 1. The van der Waals surface area contributed by atoms with Crippen LogP contribution in [0.2, 0.25) is 0 Å². The molecule has 2 aromatic carbocycles. The van der Waals surface area contributed by atoms with E-state index in [0.717, 1.165) is 10.9 Å². The molecule has 0 bridgehead atoms. The third-order valence-electron chi connectivity index (χ3n) is 3.71. The third-order valence-corrected chi connectivity index (χ3v) is 5.02. The maximum Gasteiger partial charge on any atom is 0.339 e. The van der Waals surface area contributed by atoms with Gasteiger partial charge >= 0.3 is 10.1 Å². The predicted octanol–water partition coefficient (Wildman–Crippen LogP) is 3.07. The van der Waals surface area contributed by atoms with Crippen molar-refractivity contribution in [3.05, 3.63) is 60.4 Å². The molecule has 0 radical (unpaired) electrons. The molecule has 0 saturated heterocycles. The first-order valence-corrected chi connectivity index (χ1v) is 9.53. The van der Waals surface area contributed by atoms with Crippen molar-refractivity contribution in [1.29, 1.82) is 0 Å². The Balaban J connectivity index is 1.92. The molecule has 3 rings (SSSR count). The zero-order valence-electron chi connectivity index (χ0n) is 14.3. The quantitative estimate of drug-likeness (QED) is 0.506. The Bertz CT molecular complexity index is 1010. The number of aryl methyl sites for hydroxylation is 1. The van der Waals surface area contributed by atoms with Gasteiger partial charge in [0.2, 0.25) is 0 Å². The summed E-state index contributed by atoms with van der Waals surface area (Å²) in [6.45, 7) is 2.18. The predicted molar refractivity (Wildman–Crippen MR) is 97.9 cm³/mol. The second kappa shape index (κ2) is 7.72. The highest BCUT2D eigenvalue weighted by Gasteiger charge is 2.20. The van der Waals surface area contributed by atoms with Gasteiger partial charge in [-0.05, 0) is 36.8 Å². The largest absolute Gasteiger partial charge is 0.493 e. The number of nitrogens with zero attached hydrogens (tertiary/aromatic N) is 1. The van der Waals surface area contributed by atoms with Crippen molar-refractivity contribution in [2.24, 2.45) is 0 Å². The second-order valence-corrected chi connectivity index (χ2v) is 7.31. The molecule has 0 saturated carbocycles. The Kier molecular flexibility index (Phi) is 5.39. The summed E-state index contributed by atoms with van der Waals surface area (Å²) in [5.41, 5.74) is 0.804. The molecule has 0 unspecified atom stereocenters. The van der Waals surface area contributed by atoms with Crippen LogP contribution in [0.25, 0.3) is 10.8 Å². The van der Waals surface area contributed by atoms with Gasteiger partial charge in [-0.25, -0.2) is 0 Å². The number of hydrogen-bond donors (Lipinski definition) is 1. The van der Waals surface area contributed by atoms with Crippen LogP contribution in [0, 0.1) is 6.92 Å². The summed E-state index contributed by atoms with van der Waals surface area (Å²) in [6, 6.07) is 11.5. The molecular formula is C19H19NO5S. The monoisotopic (exact) mass is 373 g/mol. The summed E-state index contributed by atoms with van der Waals surface area (Å²) >= 11 is 0. The van der Waals surface area contributed by atoms with Crippen LogP contribution in [0.4, 0.5) is 0 Å². The van der Waals surface area contributed by atoms with Crippen molar-refractivity contribution in [2.75, 3.05) is 13.2 Å². The van der Waals surface area contributed by atoms with Crippen molar-refractivity contribution in [3.8, 4) is 11.5 Å². The molecule has 1 heterocycles. The lowest BCUT2D eigenvalue weighted by molar-refractivity contribution is 0.233. The molecule has 0 atom stereocenters. The van der Waals surface area contributed by atoms with Crippen LogP contribution in [0.15, 0.2) is 59.8 Å². The molecule has 1 N–H and O–H groups in total. The molecule has 0 aliphatic heterocycles. The van der Waals surface area contributed by atoms with E-state index in [0.29, 0.717) is 24.2 Å². The summed E-state index contributed by atoms with van der Waals surface area (Å²) < 4.78 is 36.4. The molecule has 0 spiro atoms. The lowest BCUT2D eigenvalue weighted by Gasteiger charge is -2.12. The van der Waals surface area contributed by atoms with E-state index in [1.165, 1.54) is 12.1 Å².